The van der Waals surface area contributed by atoms with Crippen LogP contribution in [0.15, 0.2) is 12.1 Å². The number of ether oxygens (including phenoxy) is 2. The number of aliphatic hydroxyl groups is 1. The molecule has 0 saturated carbocycles. The van der Waals surface area contributed by atoms with Gasteiger partial charge in [-0.2, -0.15) is 0 Å². The first-order valence-corrected chi connectivity index (χ1v) is 9.85. The SMILES string of the molecule is COc1cc2c(cc1OCCC[18F])CCN1C[C@H](CC(C)C)[C@@H](O)C[C@@H]21. The molecule has 5 heteroatoms. The maximum atomic E-state index is 12.3. The zero-order valence-electron chi connectivity index (χ0n) is 16.2. The summed E-state index contributed by atoms with van der Waals surface area (Å²) in [4.78, 5) is 2.52. The third-order valence-electron chi connectivity index (χ3n) is 5.68. The van der Waals surface area contributed by atoms with Crippen molar-refractivity contribution in [3.8, 4) is 11.5 Å². The Bertz CT molecular complexity index is 607. The lowest BCUT2D eigenvalue weighted by atomic mass is 9.79. The summed E-state index contributed by atoms with van der Waals surface area (Å²) in [5, 5.41) is 10.7. The fourth-order valence-corrected chi connectivity index (χ4v) is 4.45. The molecule has 1 fully saturated rings. The first-order chi connectivity index (χ1) is 12.5. The predicted molar refractivity (Wildman–Crippen MR) is 101 cm³/mol. The van der Waals surface area contributed by atoms with Crippen molar-refractivity contribution in [3.63, 3.8) is 0 Å². The van der Waals surface area contributed by atoms with Crippen LogP contribution in [-0.2, 0) is 6.42 Å². The molecule has 0 aromatic heterocycles. The number of nitrogens with zero attached hydrogens (tertiary/aromatic N) is 1. The molecule has 2 aliphatic heterocycles. The van der Waals surface area contributed by atoms with Gasteiger partial charge in [-0.1, -0.05) is 13.8 Å². The summed E-state index contributed by atoms with van der Waals surface area (Å²) in [5.41, 5.74) is 2.50. The van der Waals surface area contributed by atoms with Gasteiger partial charge in [-0.3, -0.25) is 9.29 Å². The highest BCUT2D eigenvalue weighted by atomic mass is 18.2. The number of hydrogen-bond acceptors (Lipinski definition) is 4. The molecular formula is C21H32FNO3. The fraction of sp³-hybridized carbons (Fsp3) is 0.714. The second kappa shape index (κ2) is 8.57. The smallest absolute Gasteiger partial charge is 0.161 e. The van der Waals surface area contributed by atoms with Crippen LogP contribution >= 0.6 is 0 Å². The van der Waals surface area contributed by atoms with E-state index in [1.807, 2.05) is 0 Å². The minimum absolute atomic E-state index is 0.242. The Hall–Kier alpha value is -1.33. The standard InChI is InChI=1S/C21H32FNO3/c1-14(2)9-16-13-23-7-5-15-10-21(26-8-4-6-22)20(25-3)11-17(15)18(23)12-19(16)24/h10-11,14,16,18-19,24H,4-9,12-13H2,1-3H3/t16-,18-,19-/m0/s1/i22-1. The second-order valence-electron chi connectivity index (χ2n) is 8.05. The van der Waals surface area contributed by atoms with Gasteiger partial charge in [0.05, 0.1) is 26.5 Å². The zero-order valence-corrected chi connectivity index (χ0v) is 16.2. The Morgan fingerprint density at radius 3 is 2.81 bits per heavy atom. The number of rotatable bonds is 7. The van der Waals surface area contributed by atoms with Crippen LogP contribution in [0.3, 0.4) is 0 Å². The Kier molecular flexibility index (Phi) is 6.41. The van der Waals surface area contributed by atoms with Crippen molar-refractivity contribution in [2.45, 2.75) is 51.7 Å². The van der Waals surface area contributed by atoms with Crippen LogP contribution in [0.5, 0.6) is 11.5 Å². The number of halogens is 1. The predicted octanol–water partition coefficient (Wildman–Crippen LogP) is 3.76. The Morgan fingerprint density at radius 2 is 2.12 bits per heavy atom. The minimum Gasteiger partial charge on any atom is -0.493 e. The van der Waals surface area contributed by atoms with Gasteiger partial charge < -0.3 is 14.6 Å². The Balaban J connectivity index is 1.80. The average molecular weight is 364 g/mol. The van der Waals surface area contributed by atoms with Crippen molar-refractivity contribution in [2.24, 2.45) is 11.8 Å². The lowest BCUT2D eigenvalue weighted by Gasteiger charge is -2.46. The Morgan fingerprint density at radius 1 is 1.31 bits per heavy atom. The van der Waals surface area contributed by atoms with Gasteiger partial charge in [0.1, 0.15) is 0 Å². The normalized spacial score (nSPS) is 25.7. The van der Waals surface area contributed by atoms with Gasteiger partial charge in [0, 0.05) is 25.6 Å². The molecule has 0 spiro atoms. The van der Waals surface area contributed by atoms with Crippen molar-refractivity contribution < 1.29 is 19.0 Å². The molecule has 3 atom stereocenters. The number of aliphatic hydroxyl groups excluding tert-OH is 1. The van der Waals surface area contributed by atoms with Crippen molar-refractivity contribution in [2.75, 3.05) is 33.5 Å². The lowest BCUT2D eigenvalue weighted by molar-refractivity contribution is -0.0191. The summed E-state index contributed by atoms with van der Waals surface area (Å²) in [6, 6.07) is 4.36. The first-order valence-electron chi connectivity index (χ1n) is 9.85. The number of hydrogen-bond donors (Lipinski definition) is 1. The lowest BCUT2D eigenvalue weighted by Crippen LogP contribution is -2.48. The number of piperidine rings is 1. The molecule has 0 aliphatic carbocycles. The molecule has 2 aliphatic rings. The van der Waals surface area contributed by atoms with E-state index in [4.69, 9.17) is 9.47 Å². The quantitative estimate of drug-likeness (QED) is 0.748. The summed E-state index contributed by atoms with van der Waals surface area (Å²) < 4.78 is 23.6. The van der Waals surface area contributed by atoms with Gasteiger partial charge in [0.15, 0.2) is 11.5 Å². The van der Waals surface area contributed by atoms with E-state index in [1.165, 1.54) is 11.1 Å². The fourth-order valence-electron chi connectivity index (χ4n) is 4.45. The van der Waals surface area contributed by atoms with E-state index >= 15 is 0 Å². The molecule has 4 nitrogen and oxygen atoms in total. The molecule has 0 bridgehead atoms. The molecule has 146 valence electrons. The minimum atomic E-state index is -0.375. The molecule has 1 N–H and O–H groups in total. The van der Waals surface area contributed by atoms with Crippen LogP contribution in [0.1, 0.15) is 50.3 Å². The van der Waals surface area contributed by atoms with E-state index in [1.54, 1.807) is 7.11 Å². The van der Waals surface area contributed by atoms with Crippen molar-refractivity contribution in [3.05, 3.63) is 23.3 Å². The van der Waals surface area contributed by atoms with Crippen LogP contribution in [-0.4, -0.2) is 49.6 Å². The van der Waals surface area contributed by atoms with Crippen LogP contribution in [0.25, 0.3) is 0 Å². The van der Waals surface area contributed by atoms with Crippen LogP contribution in [0.4, 0.5) is 4.39 Å². The molecule has 2 heterocycles. The molecule has 0 amide bonds. The van der Waals surface area contributed by atoms with E-state index in [0.29, 0.717) is 36.4 Å². The highest BCUT2D eigenvalue weighted by molar-refractivity contribution is 5.49. The number of benzene rings is 1. The van der Waals surface area contributed by atoms with Crippen molar-refractivity contribution >= 4 is 0 Å². The van der Waals surface area contributed by atoms with Crippen LogP contribution in [0, 0.1) is 11.8 Å². The summed E-state index contributed by atoms with van der Waals surface area (Å²) in [6.45, 7) is 6.39. The average Bonchev–Trinajstić information content (AvgIpc) is 2.61. The van der Waals surface area contributed by atoms with E-state index in [-0.39, 0.29) is 18.8 Å². The molecule has 1 aromatic rings. The molecular weight excluding hydrogens is 332 g/mol. The molecule has 0 unspecified atom stereocenters. The van der Waals surface area contributed by atoms with E-state index < -0.39 is 0 Å². The van der Waals surface area contributed by atoms with Crippen LogP contribution in [0.2, 0.25) is 0 Å². The number of alkyl halides is 1. The summed E-state index contributed by atoms with van der Waals surface area (Å²) in [5.74, 6) is 2.36. The number of methoxy groups -OCH3 is 1. The monoisotopic (exact) mass is 364 g/mol. The Labute approximate surface area is 156 Å². The largest absolute Gasteiger partial charge is 0.493 e. The molecule has 3 rings (SSSR count). The topological polar surface area (TPSA) is 41.9 Å². The van der Waals surface area contributed by atoms with Crippen molar-refractivity contribution in [1.29, 1.82) is 0 Å². The highest BCUT2D eigenvalue weighted by Gasteiger charge is 2.38. The maximum Gasteiger partial charge on any atom is 0.161 e. The molecule has 1 saturated heterocycles. The van der Waals surface area contributed by atoms with Crippen molar-refractivity contribution in [1.82, 2.24) is 4.90 Å². The van der Waals surface area contributed by atoms with Gasteiger partial charge >= 0.3 is 0 Å². The van der Waals surface area contributed by atoms with Gasteiger partial charge in [-0.15, -0.1) is 0 Å². The third kappa shape index (κ3) is 4.15. The summed E-state index contributed by atoms with van der Waals surface area (Å²) in [7, 11) is 1.64. The van der Waals surface area contributed by atoms with Crippen LogP contribution < -0.4 is 9.47 Å². The first kappa shape index (κ1) is 19.4. The molecule has 26 heavy (non-hydrogen) atoms. The van der Waals surface area contributed by atoms with Gasteiger partial charge in [0.2, 0.25) is 0 Å². The summed E-state index contributed by atoms with van der Waals surface area (Å²) in [6.07, 6.45) is 2.95. The van der Waals surface area contributed by atoms with Gasteiger partial charge in [-0.25, -0.2) is 0 Å². The number of fused-ring (bicyclic) bond motifs is 3. The zero-order chi connectivity index (χ0) is 18.7. The molecule has 0 radical (unpaired) electrons. The highest BCUT2D eigenvalue weighted by Crippen LogP contribution is 2.43. The second-order valence-corrected chi connectivity index (χ2v) is 8.05. The van der Waals surface area contributed by atoms with Gasteiger partial charge in [0.25, 0.3) is 0 Å². The van der Waals surface area contributed by atoms with E-state index in [0.717, 1.165) is 32.4 Å². The van der Waals surface area contributed by atoms with E-state index in [2.05, 4.69) is 30.9 Å². The van der Waals surface area contributed by atoms with E-state index in [9.17, 15) is 9.50 Å². The summed E-state index contributed by atoms with van der Waals surface area (Å²) >= 11 is 0. The third-order valence-corrected chi connectivity index (χ3v) is 5.68. The maximum absolute atomic E-state index is 12.3. The molecule has 1 aromatic carbocycles. The van der Waals surface area contributed by atoms with Gasteiger partial charge in [-0.05, 0) is 54.4 Å².